The van der Waals surface area contributed by atoms with E-state index in [0.717, 1.165) is 28.7 Å². The van der Waals surface area contributed by atoms with Crippen LogP contribution in [-0.2, 0) is 12.7 Å². The van der Waals surface area contributed by atoms with E-state index in [-0.39, 0.29) is 18.2 Å². The van der Waals surface area contributed by atoms with Crippen LogP contribution >= 0.6 is 0 Å². The number of fused-ring (bicyclic) bond motifs is 2. The number of halogens is 3. The summed E-state index contributed by atoms with van der Waals surface area (Å²) in [6.07, 6.45) is -1.85. The minimum absolute atomic E-state index is 0.0378. The van der Waals surface area contributed by atoms with Crippen molar-refractivity contribution in [3.63, 3.8) is 0 Å². The minimum atomic E-state index is -4.49. The van der Waals surface area contributed by atoms with E-state index < -0.39 is 17.8 Å². The van der Waals surface area contributed by atoms with Crippen molar-refractivity contribution < 1.29 is 18.0 Å². The quantitative estimate of drug-likeness (QED) is 0.360. The third-order valence-corrected chi connectivity index (χ3v) is 5.51. The van der Waals surface area contributed by atoms with Crippen molar-refractivity contribution in [3.8, 4) is 0 Å². The van der Waals surface area contributed by atoms with Gasteiger partial charge in [-0.3, -0.25) is 14.5 Å². The summed E-state index contributed by atoms with van der Waals surface area (Å²) >= 11 is 0. The molecule has 9 heteroatoms. The molecule has 0 bridgehead atoms. The van der Waals surface area contributed by atoms with Crippen molar-refractivity contribution in [1.29, 1.82) is 0 Å². The minimum Gasteiger partial charge on any atom is -0.360 e. The molecule has 0 saturated carbocycles. The number of carbonyl (C=O) groups excluding carboxylic acids is 1. The van der Waals surface area contributed by atoms with Crippen LogP contribution in [0.3, 0.4) is 0 Å². The Bertz CT molecular complexity index is 1440. The van der Waals surface area contributed by atoms with E-state index in [2.05, 4.69) is 20.5 Å². The Morgan fingerprint density at radius 3 is 2.55 bits per heavy atom. The lowest BCUT2D eigenvalue weighted by molar-refractivity contribution is -0.137. The zero-order valence-electron chi connectivity index (χ0n) is 17.2. The molecule has 0 amide bonds. The molecule has 166 valence electrons. The summed E-state index contributed by atoms with van der Waals surface area (Å²) in [5.41, 5.74) is 1.59. The van der Waals surface area contributed by atoms with Crippen LogP contribution in [-0.4, -0.2) is 25.4 Å². The number of rotatable bonds is 6. The molecular weight excluding hydrogens is 431 g/mol. The summed E-state index contributed by atoms with van der Waals surface area (Å²) in [6, 6.07) is 18.2. The highest BCUT2D eigenvalue weighted by atomic mass is 19.4. The van der Waals surface area contributed by atoms with Crippen LogP contribution in [0, 0.1) is 0 Å². The molecule has 0 saturated heterocycles. The van der Waals surface area contributed by atoms with Gasteiger partial charge in [0, 0.05) is 28.9 Å². The molecule has 1 atom stereocenters. The lowest BCUT2D eigenvalue weighted by atomic mass is 9.97. The number of ketones is 1. The van der Waals surface area contributed by atoms with Gasteiger partial charge in [-0.25, -0.2) is 0 Å². The number of nitrogens with one attached hydrogen (secondary N) is 2. The number of pyridine rings is 1. The largest absolute Gasteiger partial charge is 0.417 e. The molecule has 0 spiro atoms. The van der Waals surface area contributed by atoms with Crippen molar-refractivity contribution >= 4 is 22.3 Å². The lowest BCUT2D eigenvalue weighted by Gasteiger charge is -2.18. The standard InChI is InChI=1S/C24H18F3N5O/c25-24(26,27)16-10-11-20-30-31-21(32(20)14-16)13-29-22(15-6-2-1-3-7-15)23(33)18-12-28-19-9-5-4-8-17(18)19/h1-12,14,22,28-29H,13H2. The van der Waals surface area contributed by atoms with E-state index in [9.17, 15) is 18.0 Å². The normalized spacial score (nSPS) is 12.9. The zero-order chi connectivity index (χ0) is 23.0. The number of aromatic amines is 1. The molecule has 0 radical (unpaired) electrons. The molecule has 1 unspecified atom stereocenters. The number of Topliss-reactive ketones (excluding diaryl/α,β-unsaturated/α-hetero) is 1. The zero-order valence-corrected chi connectivity index (χ0v) is 17.2. The van der Waals surface area contributed by atoms with Crippen LogP contribution in [0.1, 0.15) is 33.4 Å². The molecular formula is C24H18F3N5O. The van der Waals surface area contributed by atoms with Crippen LogP contribution in [0.5, 0.6) is 0 Å². The fraction of sp³-hybridized carbons (Fsp3) is 0.125. The number of hydrogen-bond acceptors (Lipinski definition) is 4. The highest BCUT2D eigenvalue weighted by Gasteiger charge is 2.31. The first-order valence-corrected chi connectivity index (χ1v) is 10.2. The van der Waals surface area contributed by atoms with Gasteiger partial charge in [0.05, 0.1) is 18.2 Å². The molecule has 2 N–H and O–H groups in total. The molecule has 2 aromatic carbocycles. The van der Waals surface area contributed by atoms with E-state index in [0.29, 0.717) is 11.2 Å². The highest BCUT2D eigenvalue weighted by Crippen LogP contribution is 2.29. The molecule has 3 aromatic heterocycles. The van der Waals surface area contributed by atoms with Gasteiger partial charge in [-0.2, -0.15) is 13.2 Å². The Labute approximate surface area is 186 Å². The third-order valence-electron chi connectivity index (χ3n) is 5.51. The van der Waals surface area contributed by atoms with Crippen LogP contribution in [0.25, 0.3) is 16.6 Å². The summed E-state index contributed by atoms with van der Waals surface area (Å²) in [4.78, 5) is 16.7. The van der Waals surface area contributed by atoms with E-state index >= 15 is 0 Å². The summed E-state index contributed by atoms with van der Waals surface area (Å²) in [5.74, 6) is 0.104. The average Bonchev–Trinajstić information content (AvgIpc) is 3.43. The Morgan fingerprint density at radius 1 is 1.00 bits per heavy atom. The van der Waals surface area contributed by atoms with Crippen LogP contribution in [0.15, 0.2) is 79.1 Å². The second kappa shape index (κ2) is 8.18. The van der Waals surface area contributed by atoms with E-state index in [1.165, 1.54) is 10.5 Å². The van der Waals surface area contributed by atoms with Gasteiger partial charge in [0.1, 0.15) is 0 Å². The number of benzene rings is 2. The van der Waals surface area contributed by atoms with Gasteiger partial charge >= 0.3 is 6.18 Å². The first-order chi connectivity index (χ1) is 15.9. The monoisotopic (exact) mass is 449 g/mol. The van der Waals surface area contributed by atoms with Gasteiger partial charge in [0.15, 0.2) is 17.3 Å². The molecule has 0 aliphatic heterocycles. The van der Waals surface area contributed by atoms with Crippen molar-refractivity contribution in [2.24, 2.45) is 0 Å². The van der Waals surface area contributed by atoms with Crippen LogP contribution in [0.2, 0.25) is 0 Å². The smallest absolute Gasteiger partial charge is 0.360 e. The molecule has 0 aliphatic carbocycles. The van der Waals surface area contributed by atoms with E-state index in [1.54, 1.807) is 6.20 Å². The topological polar surface area (TPSA) is 75.1 Å². The number of H-pyrrole nitrogens is 1. The maximum atomic E-state index is 13.6. The van der Waals surface area contributed by atoms with Gasteiger partial charge in [-0.05, 0) is 23.8 Å². The van der Waals surface area contributed by atoms with Gasteiger partial charge in [-0.15, -0.1) is 10.2 Å². The summed E-state index contributed by atoms with van der Waals surface area (Å²) in [5, 5.41) is 11.9. The Kier molecular flexibility index (Phi) is 5.18. The first kappa shape index (κ1) is 20.9. The number of para-hydroxylation sites is 1. The van der Waals surface area contributed by atoms with E-state index in [4.69, 9.17) is 0 Å². The number of hydrogen-bond donors (Lipinski definition) is 2. The highest BCUT2D eigenvalue weighted by molar-refractivity contribution is 6.10. The predicted molar refractivity (Wildman–Crippen MR) is 117 cm³/mol. The van der Waals surface area contributed by atoms with Gasteiger partial charge in [-0.1, -0.05) is 48.5 Å². The number of carbonyl (C=O) groups is 1. The molecule has 5 rings (SSSR count). The molecule has 33 heavy (non-hydrogen) atoms. The fourth-order valence-electron chi connectivity index (χ4n) is 3.86. The Balaban J connectivity index is 1.48. The first-order valence-electron chi connectivity index (χ1n) is 10.2. The molecule has 0 aliphatic rings. The summed E-state index contributed by atoms with van der Waals surface area (Å²) < 4.78 is 40.8. The Morgan fingerprint density at radius 2 is 1.76 bits per heavy atom. The van der Waals surface area contributed by atoms with Gasteiger partial charge in [0.25, 0.3) is 0 Å². The van der Waals surface area contributed by atoms with Crippen molar-refractivity contribution in [3.05, 3.63) is 102 Å². The van der Waals surface area contributed by atoms with Gasteiger partial charge < -0.3 is 4.98 Å². The Hall–Kier alpha value is -3.98. The molecule has 0 fully saturated rings. The van der Waals surface area contributed by atoms with Crippen LogP contribution in [0.4, 0.5) is 13.2 Å². The SMILES string of the molecule is O=C(c1c[nH]c2ccccc12)C(NCc1nnc2ccc(C(F)(F)F)cn12)c1ccccc1. The van der Waals surface area contributed by atoms with Crippen molar-refractivity contribution in [2.45, 2.75) is 18.8 Å². The predicted octanol–water partition coefficient (Wildman–Crippen LogP) is 4.94. The second-order valence-corrected chi connectivity index (χ2v) is 7.60. The van der Waals surface area contributed by atoms with Crippen molar-refractivity contribution in [1.82, 2.24) is 24.9 Å². The number of aromatic nitrogens is 4. The maximum absolute atomic E-state index is 13.6. The second-order valence-electron chi connectivity index (χ2n) is 7.60. The van der Waals surface area contributed by atoms with Crippen molar-refractivity contribution in [2.75, 3.05) is 0 Å². The fourth-order valence-corrected chi connectivity index (χ4v) is 3.86. The third kappa shape index (κ3) is 3.98. The molecule has 5 aromatic rings. The summed E-state index contributed by atoms with van der Waals surface area (Å²) in [6.45, 7) is 0.0378. The van der Waals surface area contributed by atoms with E-state index in [1.807, 2.05) is 54.6 Å². The number of alkyl halides is 3. The summed E-state index contributed by atoms with van der Waals surface area (Å²) in [7, 11) is 0. The lowest BCUT2D eigenvalue weighted by Crippen LogP contribution is -2.29. The average molecular weight is 449 g/mol. The van der Waals surface area contributed by atoms with Crippen LogP contribution < -0.4 is 5.32 Å². The molecule has 3 heterocycles. The van der Waals surface area contributed by atoms with Gasteiger partial charge in [0.2, 0.25) is 0 Å². The maximum Gasteiger partial charge on any atom is 0.417 e. The molecule has 6 nitrogen and oxygen atoms in total. The number of nitrogens with zero attached hydrogens (tertiary/aromatic N) is 3.